The normalized spacial score (nSPS) is 11.1. The minimum absolute atomic E-state index is 0.00986. The average molecular weight is 187 g/mol. The standard InChI is InChI=1S/C9H8F3N/c10-7-4-3-6(2-1-5-13)8(11)9(7)12/h1-4H,5,13H2. The van der Waals surface area contributed by atoms with Crippen LogP contribution in [0.15, 0.2) is 18.2 Å². The number of hydrogen-bond acceptors (Lipinski definition) is 1. The van der Waals surface area contributed by atoms with Gasteiger partial charge in [0, 0.05) is 12.1 Å². The lowest BCUT2D eigenvalue weighted by atomic mass is 10.2. The van der Waals surface area contributed by atoms with Gasteiger partial charge in [0.2, 0.25) is 0 Å². The molecule has 0 heterocycles. The van der Waals surface area contributed by atoms with Crippen molar-refractivity contribution in [2.75, 3.05) is 6.54 Å². The Morgan fingerprint density at radius 2 is 1.85 bits per heavy atom. The van der Waals surface area contributed by atoms with Crippen LogP contribution in [0.1, 0.15) is 5.56 Å². The minimum atomic E-state index is -1.46. The van der Waals surface area contributed by atoms with E-state index in [1.165, 1.54) is 12.2 Å². The molecule has 1 aromatic rings. The first-order chi connectivity index (χ1) is 6.16. The molecule has 1 aromatic carbocycles. The van der Waals surface area contributed by atoms with Crippen LogP contribution in [0, 0.1) is 17.5 Å². The van der Waals surface area contributed by atoms with Crippen molar-refractivity contribution in [3.63, 3.8) is 0 Å². The molecule has 0 aromatic heterocycles. The number of nitrogens with two attached hydrogens (primary N) is 1. The summed E-state index contributed by atoms with van der Waals surface area (Å²) >= 11 is 0. The fourth-order valence-electron chi connectivity index (χ4n) is 0.865. The third kappa shape index (κ3) is 2.09. The van der Waals surface area contributed by atoms with Gasteiger partial charge in [-0.25, -0.2) is 13.2 Å². The fourth-order valence-corrected chi connectivity index (χ4v) is 0.865. The SMILES string of the molecule is NCC=Cc1ccc(F)c(F)c1F. The smallest absolute Gasteiger partial charge is 0.195 e. The van der Waals surface area contributed by atoms with Crippen molar-refractivity contribution in [3.8, 4) is 0 Å². The van der Waals surface area contributed by atoms with Crippen LogP contribution in [0.5, 0.6) is 0 Å². The third-order valence-corrected chi connectivity index (χ3v) is 1.50. The molecule has 0 aliphatic carbocycles. The lowest BCUT2D eigenvalue weighted by Gasteiger charge is -1.98. The summed E-state index contributed by atoms with van der Waals surface area (Å²) in [5.74, 6) is -3.84. The van der Waals surface area contributed by atoms with Crippen molar-refractivity contribution < 1.29 is 13.2 Å². The van der Waals surface area contributed by atoms with Crippen molar-refractivity contribution in [1.29, 1.82) is 0 Å². The number of rotatable bonds is 2. The first kappa shape index (κ1) is 9.80. The van der Waals surface area contributed by atoms with E-state index in [9.17, 15) is 13.2 Å². The molecule has 0 bridgehead atoms. The monoisotopic (exact) mass is 187 g/mol. The van der Waals surface area contributed by atoms with E-state index in [1.54, 1.807) is 0 Å². The van der Waals surface area contributed by atoms with Gasteiger partial charge in [0.05, 0.1) is 0 Å². The van der Waals surface area contributed by atoms with E-state index in [0.717, 1.165) is 12.1 Å². The van der Waals surface area contributed by atoms with E-state index >= 15 is 0 Å². The van der Waals surface area contributed by atoms with Crippen LogP contribution < -0.4 is 5.73 Å². The lowest BCUT2D eigenvalue weighted by molar-refractivity contribution is 0.446. The van der Waals surface area contributed by atoms with Gasteiger partial charge in [0.15, 0.2) is 17.5 Å². The van der Waals surface area contributed by atoms with Crippen LogP contribution in [0.3, 0.4) is 0 Å². The molecule has 13 heavy (non-hydrogen) atoms. The summed E-state index contributed by atoms with van der Waals surface area (Å²) in [6.45, 7) is 0.221. The summed E-state index contributed by atoms with van der Waals surface area (Å²) in [5, 5.41) is 0. The van der Waals surface area contributed by atoms with Gasteiger partial charge >= 0.3 is 0 Å². The largest absolute Gasteiger partial charge is 0.327 e. The molecule has 0 spiro atoms. The maximum Gasteiger partial charge on any atom is 0.195 e. The molecule has 0 amide bonds. The van der Waals surface area contributed by atoms with Crippen LogP contribution in [-0.2, 0) is 0 Å². The first-order valence-electron chi connectivity index (χ1n) is 3.67. The summed E-state index contributed by atoms with van der Waals surface area (Å²) in [6, 6.07) is 2.02. The Hall–Kier alpha value is -1.29. The molecule has 0 unspecified atom stereocenters. The molecule has 2 N–H and O–H groups in total. The fraction of sp³-hybridized carbons (Fsp3) is 0.111. The Kier molecular flexibility index (Phi) is 3.08. The minimum Gasteiger partial charge on any atom is -0.327 e. The quantitative estimate of drug-likeness (QED) is 0.705. The average Bonchev–Trinajstić information content (AvgIpc) is 2.13. The predicted molar refractivity (Wildman–Crippen MR) is 44.4 cm³/mol. The van der Waals surface area contributed by atoms with Gasteiger partial charge in [-0.3, -0.25) is 0 Å². The van der Waals surface area contributed by atoms with Crippen molar-refractivity contribution in [3.05, 3.63) is 41.2 Å². The van der Waals surface area contributed by atoms with E-state index in [0.29, 0.717) is 0 Å². The molecule has 0 radical (unpaired) electrons. The molecule has 1 nitrogen and oxygen atoms in total. The lowest BCUT2D eigenvalue weighted by Crippen LogP contribution is -1.95. The first-order valence-corrected chi connectivity index (χ1v) is 3.67. The highest BCUT2D eigenvalue weighted by molar-refractivity contribution is 5.50. The summed E-state index contributed by atoms with van der Waals surface area (Å²) in [6.07, 6.45) is 2.76. The van der Waals surface area contributed by atoms with Gasteiger partial charge in [0.25, 0.3) is 0 Å². The Morgan fingerprint density at radius 3 is 2.46 bits per heavy atom. The Morgan fingerprint density at radius 1 is 1.15 bits per heavy atom. The predicted octanol–water partition coefficient (Wildman–Crippen LogP) is 2.08. The van der Waals surface area contributed by atoms with E-state index in [-0.39, 0.29) is 12.1 Å². The molecule has 0 aliphatic rings. The highest BCUT2D eigenvalue weighted by Gasteiger charge is 2.10. The molecule has 4 heteroatoms. The Labute approximate surface area is 73.7 Å². The zero-order valence-electron chi connectivity index (χ0n) is 6.73. The highest BCUT2D eigenvalue weighted by atomic mass is 19.2. The molecule has 0 aliphatic heterocycles. The van der Waals surface area contributed by atoms with Crippen LogP contribution >= 0.6 is 0 Å². The number of benzene rings is 1. The van der Waals surface area contributed by atoms with Crippen molar-refractivity contribution in [2.24, 2.45) is 5.73 Å². The van der Waals surface area contributed by atoms with Gasteiger partial charge in [0.1, 0.15) is 0 Å². The van der Waals surface area contributed by atoms with Gasteiger partial charge in [-0.15, -0.1) is 0 Å². The van der Waals surface area contributed by atoms with Crippen LogP contribution in [-0.4, -0.2) is 6.54 Å². The highest BCUT2D eigenvalue weighted by Crippen LogP contribution is 2.15. The van der Waals surface area contributed by atoms with E-state index < -0.39 is 17.5 Å². The molecule has 70 valence electrons. The van der Waals surface area contributed by atoms with Crippen LogP contribution in [0.2, 0.25) is 0 Å². The van der Waals surface area contributed by atoms with Crippen molar-refractivity contribution >= 4 is 6.08 Å². The maximum absolute atomic E-state index is 12.9. The Bertz CT molecular complexity index is 334. The number of hydrogen-bond donors (Lipinski definition) is 1. The zero-order chi connectivity index (χ0) is 9.84. The Balaban J connectivity index is 3.11. The zero-order valence-corrected chi connectivity index (χ0v) is 6.73. The van der Waals surface area contributed by atoms with Crippen LogP contribution in [0.25, 0.3) is 6.08 Å². The summed E-state index contributed by atoms with van der Waals surface area (Å²) in [7, 11) is 0. The second kappa shape index (κ2) is 4.09. The molecule has 0 fully saturated rings. The summed E-state index contributed by atoms with van der Waals surface area (Å²) < 4.78 is 37.9. The second-order valence-corrected chi connectivity index (χ2v) is 2.40. The van der Waals surface area contributed by atoms with E-state index in [4.69, 9.17) is 5.73 Å². The molecular formula is C9H8F3N. The summed E-state index contributed by atoms with van der Waals surface area (Å²) in [4.78, 5) is 0. The van der Waals surface area contributed by atoms with Gasteiger partial charge in [-0.05, 0) is 12.1 Å². The number of halogens is 3. The van der Waals surface area contributed by atoms with E-state index in [1.807, 2.05) is 0 Å². The van der Waals surface area contributed by atoms with Gasteiger partial charge < -0.3 is 5.73 Å². The molecule has 0 saturated heterocycles. The molecule has 1 rings (SSSR count). The third-order valence-electron chi connectivity index (χ3n) is 1.50. The molecule has 0 saturated carbocycles. The molecule has 0 atom stereocenters. The molecular weight excluding hydrogens is 179 g/mol. The summed E-state index contributed by atoms with van der Waals surface area (Å²) in [5.41, 5.74) is 5.11. The van der Waals surface area contributed by atoms with Gasteiger partial charge in [-0.1, -0.05) is 12.2 Å². The van der Waals surface area contributed by atoms with Gasteiger partial charge in [-0.2, -0.15) is 0 Å². The topological polar surface area (TPSA) is 26.0 Å². The van der Waals surface area contributed by atoms with Crippen molar-refractivity contribution in [2.45, 2.75) is 0 Å². The second-order valence-electron chi connectivity index (χ2n) is 2.40. The van der Waals surface area contributed by atoms with E-state index in [2.05, 4.69) is 0 Å². The maximum atomic E-state index is 12.9. The van der Waals surface area contributed by atoms with Crippen LogP contribution in [0.4, 0.5) is 13.2 Å². The van der Waals surface area contributed by atoms with Crippen molar-refractivity contribution in [1.82, 2.24) is 0 Å².